The maximum Gasteiger partial charge on any atom is 0.225 e. The molecule has 0 aliphatic rings. The highest BCUT2D eigenvalue weighted by molar-refractivity contribution is 7.99. The van der Waals surface area contributed by atoms with Crippen molar-refractivity contribution in [2.45, 2.75) is 16.8 Å². The molecule has 8 heteroatoms. The Labute approximate surface area is 123 Å². The highest BCUT2D eigenvalue weighted by atomic mass is 32.2. The zero-order valence-electron chi connectivity index (χ0n) is 11.0. The molecule has 5 nitrogen and oxygen atoms in total. The summed E-state index contributed by atoms with van der Waals surface area (Å²) in [4.78, 5) is 16.2. The van der Waals surface area contributed by atoms with Gasteiger partial charge in [0.05, 0.1) is 6.33 Å². The summed E-state index contributed by atoms with van der Waals surface area (Å²) in [6, 6.07) is 3.73. The molecule has 0 bridgehead atoms. The van der Waals surface area contributed by atoms with Gasteiger partial charge in [0.2, 0.25) is 5.95 Å². The first-order chi connectivity index (χ1) is 10.2. The lowest BCUT2D eigenvalue weighted by molar-refractivity contribution is 0.506. The molecule has 0 saturated carbocycles. The van der Waals surface area contributed by atoms with E-state index in [-0.39, 0.29) is 0 Å². The maximum absolute atomic E-state index is 13.3. The molecule has 2 heterocycles. The van der Waals surface area contributed by atoms with Gasteiger partial charge in [-0.2, -0.15) is 4.98 Å². The first-order valence-electron chi connectivity index (χ1n) is 6.25. The number of hydrogen-bond donors (Lipinski definition) is 2. The molecule has 0 unspecified atom stereocenters. The van der Waals surface area contributed by atoms with Crippen molar-refractivity contribution < 1.29 is 8.78 Å². The molecule has 0 aliphatic carbocycles. The molecule has 3 aromatic rings. The first-order valence-corrected chi connectivity index (χ1v) is 7.07. The van der Waals surface area contributed by atoms with E-state index in [4.69, 9.17) is 0 Å². The Hall–Kier alpha value is -2.22. The average molecular weight is 307 g/mol. The fraction of sp³-hybridized carbons (Fsp3) is 0.154. The second kappa shape index (κ2) is 5.65. The van der Waals surface area contributed by atoms with Crippen molar-refractivity contribution in [3.63, 3.8) is 0 Å². The van der Waals surface area contributed by atoms with Crippen molar-refractivity contribution >= 4 is 28.9 Å². The number of halogens is 2. The largest absolute Gasteiger partial charge is 0.354 e. The van der Waals surface area contributed by atoms with E-state index in [0.29, 0.717) is 33.6 Å². The van der Waals surface area contributed by atoms with Gasteiger partial charge in [0.15, 0.2) is 17.3 Å². The summed E-state index contributed by atoms with van der Waals surface area (Å²) in [6.07, 6.45) is 1.52. The highest BCUT2D eigenvalue weighted by Gasteiger charge is 2.12. The Morgan fingerprint density at radius 2 is 2.10 bits per heavy atom. The summed E-state index contributed by atoms with van der Waals surface area (Å²) in [7, 11) is 0. The van der Waals surface area contributed by atoms with Crippen LogP contribution in [0.3, 0.4) is 0 Å². The minimum absolute atomic E-state index is 0.446. The third-order valence-corrected chi connectivity index (χ3v) is 3.67. The van der Waals surface area contributed by atoms with Crippen LogP contribution in [0.4, 0.5) is 14.7 Å². The lowest BCUT2D eigenvalue weighted by atomic mass is 10.3. The van der Waals surface area contributed by atoms with Crippen LogP contribution in [0.15, 0.2) is 34.4 Å². The molecule has 108 valence electrons. The molecule has 0 atom stereocenters. The predicted molar refractivity (Wildman–Crippen MR) is 76.3 cm³/mol. The number of nitrogens with zero attached hydrogens (tertiary/aromatic N) is 3. The molecule has 1 aromatic carbocycles. The number of imidazole rings is 1. The summed E-state index contributed by atoms with van der Waals surface area (Å²) >= 11 is 1.22. The minimum Gasteiger partial charge on any atom is -0.354 e. The van der Waals surface area contributed by atoms with Crippen LogP contribution in [0.2, 0.25) is 0 Å². The molecule has 0 saturated heterocycles. The number of benzene rings is 1. The summed E-state index contributed by atoms with van der Waals surface area (Å²) in [5.41, 5.74) is 1.18. The standard InChI is InChI=1S/C13H11F2N5S/c1-2-16-13-19-11-10(17-6-18-11)12(20-13)21-7-3-4-8(14)9(15)5-7/h3-6H,2H2,1H3,(H2,16,17,18,19,20). The van der Waals surface area contributed by atoms with Crippen molar-refractivity contribution in [2.75, 3.05) is 11.9 Å². The van der Waals surface area contributed by atoms with Gasteiger partial charge in [-0.15, -0.1) is 0 Å². The van der Waals surface area contributed by atoms with E-state index < -0.39 is 11.6 Å². The Bertz CT molecular complexity index is 789. The molecular weight excluding hydrogens is 296 g/mol. The number of aromatic amines is 1. The van der Waals surface area contributed by atoms with Gasteiger partial charge in [0.1, 0.15) is 10.5 Å². The van der Waals surface area contributed by atoms with Gasteiger partial charge in [0, 0.05) is 11.4 Å². The van der Waals surface area contributed by atoms with Gasteiger partial charge in [-0.05, 0) is 25.1 Å². The minimum atomic E-state index is -0.887. The number of anilines is 1. The number of hydrogen-bond acceptors (Lipinski definition) is 5. The van der Waals surface area contributed by atoms with E-state index in [1.807, 2.05) is 6.92 Å². The summed E-state index contributed by atoms with van der Waals surface area (Å²) in [5.74, 6) is -1.31. The molecule has 0 fully saturated rings. The van der Waals surface area contributed by atoms with Crippen LogP contribution in [-0.2, 0) is 0 Å². The third-order valence-electron chi connectivity index (χ3n) is 2.69. The van der Waals surface area contributed by atoms with Crippen molar-refractivity contribution in [3.8, 4) is 0 Å². The number of fused-ring (bicyclic) bond motifs is 1. The Morgan fingerprint density at radius 3 is 2.86 bits per heavy atom. The number of H-pyrrole nitrogens is 1. The SMILES string of the molecule is CCNc1nc(Sc2ccc(F)c(F)c2)c2[nH]cnc2n1. The maximum atomic E-state index is 13.3. The number of aromatic nitrogens is 4. The normalized spacial score (nSPS) is 11.0. The van der Waals surface area contributed by atoms with Crippen LogP contribution in [-0.4, -0.2) is 26.5 Å². The van der Waals surface area contributed by atoms with Crippen LogP contribution < -0.4 is 5.32 Å². The van der Waals surface area contributed by atoms with E-state index in [0.717, 1.165) is 12.1 Å². The second-order valence-corrected chi connectivity index (χ2v) is 5.22. The molecule has 0 aliphatic heterocycles. The predicted octanol–water partition coefficient (Wildman–Crippen LogP) is 3.21. The molecule has 0 spiro atoms. The van der Waals surface area contributed by atoms with Crippen LogP contribution in [0.25, 0.3) is 11.2 Å². The Morgan fingerprint density at radius 1 is 1.24 bits per heavy atom. The summed E-state index contributed by atoms with van der Waals surface area (Å²) in [5, 5.41) is 3.61. The van der Waals surface area contributed by atoms with Crippen molar-refractivity contribution in [1.29, 1.82) is 0 Å². The molecule has 0 radical (unpaired) electrons. The van der Waals surface area contributed by atoms with Gasteiger partial charge < -0.3 is 10.3 Å². The van der Waals surface area contributed by atoms with Crippen molar-refractivity contribution in [2.24, 2.45) is 0 Å². The second-order valence-electron chi connectivity index (χ2n) is 4.16. The van der Waals surface area contributed by atoms with Crippen LogP contribution in [0.1, 0.15) is 6.92 Å². The fourth-order valence-electron chi connectivity index (χ4n) is 1.77. The Kier molecular flexibility index (Phi) is 3.70. The van der Waals surface area contributed by atoms with Gasteiger partial charge in [0.25, 0.3) is 0 Å². The molecule has 2 aromatic heterocycles. The number of nitrogens with one attached hydrogen (secondary N) is 2. The van der Waals surface area contributed by atoms with Crippen LogP contribution in [0, 0.1) is 11.6 Å². The number of rotatable bonds is 4. The quantitative estimate of drug-likeness (QED) is 0.725. The molecule has 2 N–H and O–H groups in total. The van der Waals surface area contributed by atoms with Crippen molar-refractivity contribution in [3.05, 3.63) is 36.2 Å². The zero-order chi connectivity index (χ0) is 14.8. The van der Waals surface area contributed by atoms with Crippen molar-refractivity contribution in [1.82, 2.24) is 19.9 Å². The summed E-state index contributed by atoms with van der Waals surface area (Å²) in [6.45, 7) is 2.60. The van der Waals surface area contributed by atoms with Gasteiger partial charge in [-0.3, -0.25) is 0 Å². The molecule has 0 amide bonds. The van der Waals surface area contributed by atoms with E-state index in [1.54, 1.807) is 0 Å². The van der Waals surface area contributed by atoms with E-state index >= 15 is 0 Å². The van der Waals surface area contributed by atoms with Crippen LogP contribution >= 0.6 is 11.8 Å². The van der Waals surface area contributed by atoms with E-state index in [9.17, 15) is 8.78 Å². The highest BCUT2D eigenvalue weighted by Crippen LogP contribution is 2.31. The lowest BCUT2D eigenvalue weighted by Gasteiger charge is -2.06. The average Bonchev–Trinajstić information content (AvgIpc) is 2.92. The fourth-order valence-corrected chi connectivity index (χ4v) is 2.68. The zero-order valence-corrected chi connectivity index (χ0v) is 11.8. The molecule has 3 rings (SSSR count). The smallest absolute Gasteiger partial charge is 0.225 e. The monoisotopic (exact) mass is 307 g/mol. The lowest BCUT2D eigenvalue weighted by Crippen LogP contribution is -2.03. The summed E-state index contributed by atoms with van der Waals surface area (Å²) < 4.78 is 26.3. The first kappa shape index (κ1) is 13.7. The third kappa shape index (κ3) is 2.80. The van der Waals surface area contributed by atoms with Crippen LogP contribution in [0.5, 0.6) is 0 Å². The van der Waals surface area contributed by atoms with Gasteiger partial charge >= 0.3 is 0 Å². The van der Waals surface area contributed by atoms with Gasteiger partial charge in [-0.25, -0.2) is 18.7 Å². The van der Waals surface area contributed by atoms with E-state index in [1.165, 1.54) is 24.2 Å². The molecule has 21 heavy (non-hydrogen) atoms. The molecular formula is C13H11F2N5S. The Balaban J connectivity index is 2.01. The topological polar surface area (TPSA) is 66.5 Å². The van der Waals surface area contributed by atoms with Gasteiger partial charge in [-0.1, -0.05) is 11.8 Å². The van der Waals surface area contributed by atoms with E-state index in [2.05, 4.69) is 25.3 Å².